The second-order valence-corrected chi connectivity index (χ2v) is 5.97. The van der Waals surface area contributed by atoms with Gasteiger partial charge in [-0.15, -0.1) is 0 Å². The Morgan fingerprint density at radius 1 is 1.26 bits per heavy atom. The summed E-state index contributed by atoms with van der Waals surface area (Å²) in [6.07, 6.45) is 3.82. The Kier molecular flexibility index (Phi) is 5.00. The third-order valence-electron chi connectivity index (χ3n) is 4.44. The maximum Gasteiger partial charge on any atom is 0.0535 e. The van der Waals surface area contributed by atoms with Crippen LogP contribution in [-0.4, -0.2) is 30.6 Å². The van der Waals surface area contributed by atoms with Crippen LogP contribution in [0.15, 0.2) is 30.3 Å². The van der Waals surface area contributed by atoms with E-state index in [0.29, 0.717) is 6.04 Å². The van der Waals surface area contributed by atoms with Crippen molar-refractivity contribution in [2.75, 3.05) is 19.6 Å². The first-order chi connectivity index (χ1) is 9.19. The standard InChI is InChI=1S/C17H28N2/c1-4-6-12-19-14-17(3,18-13-16(19)5-2)15-10-8-7-9-11-15/h7-11,16,18H,4-6,12-14H2,1-3H3. The van der Waals surface area contributed by atoms with Crippen LogP contribution >= 0.6 is 0 Å². The number of nitrogens with zero attached hydrogens (tertiary/aromatic N) is 1. The van der Waals surface area contributed by atoms with Crippen molar-refractivity contribution >= 4 is 0 Å². The molecule has 0 amide bonds. The Bertz CT molecular complexity index is 376. The highest BCUT2D eigenvalue weighted by Gasteiger charge is 2.35. The maximum atomic E-state index is 3.78. The molecule has 106 valence electrons. The molecule has 2 unspecified atom stereocenters. The van der Waals surface area contributed by atoms with Crippen LogP contribution in [0.2, 0.25) is 0 Å². The van der Waals surface area contributed by atoms with Crippen LogP contribution < -0.4 is 5.32 Å². The van der Waals surface area contributed by atoms with Crippen molar-refractivity contribution < 1.29 is 0 Å². The minimum absolute atomic E-state index is 0.0979. The van der Waals surface area contributed by atoms with Crippen molar-refractivity contribution in [3.8, 4) is 0 Å². The lowest BCUT2D eigenvalue weighted by molar-refractivity contribution is 0.0819. The molecule has 1 fully saturated rings. The van der Waals surface area contributed by atoms with Gasteiger partial charge in [-0.05, 0) is 31.9 Å². The third-order valence-corrected chi connectivity index (χ3v) is 4.44. The van der Waals surface area contributed by atoms with Gasteiger partial charge in [-0.25, -0.2) is 0 Å². The minimum atomic E-state index is 0.0979. The van der Waals surface area contributed by atoms with Gasteiger partial charge in [0, 0.05) is 19.1 Å². The first-order valence-corrected chi connectivity index (χ1v) is 7.74. The zero-order valence-electron chi connectivity index (χ0n) is 12.7. The molecule has 1 aromatic carbocycles. The molecule has 1 aromatic rings. The Morgan fingerprint density at radius 3 is 2.63 bits per heavy atom. The van der Waals surface area contributed by atoms with E-state index in [0.717, 1.165) is 13.1 Å². The second-order valence-electron chi connectivity index (χ2n) is 5.97. The van der Waals surface area contributed by atoms with E-state index in [9.17, 15) is 0 Å². The number of piperazine rings is 1. The summed E-state index contributed by atoms with van der Waals surface area (Å²) in [5.74, 6) is 0. The van der Waals surface area contributed by atoms with E-state index in [1.165, 1.54) is 31.4 Å². The molecule has 2 rings (SSSR count). The highest BCUT2D eigenvalue weighted by Crippen LogP contribution is 2.27. The number of unbranched alkanes of at least 4 members (excludes halogenated alkanes) is 1. The number of hydrogen-bond donors (Lipinski definition) is 1. The predicted octanol–water partition coefficient (Wildman–Crippen LogP) is 3.39. The molecule has 1 aliphatic rings. The van der Waals surface area contributed by atoms with Gasteiger partial charge < -0.3 is 5.32 Å². The van der Waals surface area contributed by atoms with Crippen molar-refractivity contribution in [1.82, 2.24) is 10.2 Å². The van der Waals surface area contributed by atoms with E-state index in [4.69, 9.17) is 0 Å². The van der Waals surface area contributed by atoms with Crippen LogP contribution in [0.25, 0.3) is 0 Å². The van der Waals surface area contributed by atoms with Gasteiger partial charge in [-0.2, -0.15) is 0 Å². The average molecular weight is 260 g/mol. The zero-order valence-corrected chi connectivity index (χ0v) is 12.7. The predicted molar refractivity (Wildman–Crippen MR) is 82.4 cm³/mol. The molecular formula is C17H28N2. The molecule has 1 saturated heterocycles. The van der Waals surface area contributed by atoms with Gasteiger partial charge >= 0.3 is 0 Å². The van der Waals surface area contributed by atoms with Crippen molar-refractivity contribution in [1.29, 1.82) is 0 Å². The Morgan fingerprint density at radius 2 is 2.00 bits per heavy atom. The second kappa shape index (κ2) is 6.53. The molecule has 1 N–H and O–H groups in total. The van der Waals surface area contributed by atoms with Crippen molar-refractivity contribution in [2.24, 2.45) is 0 Å². The zero-order chi connectivity index (χ0) is 13.7. The topological polar surface area (TPSA) is 15.3 Å². The fraction of sp³-hybridized carbons (Fsp3) is 0.647. The SMILES string of the molecule is CCCCN1CC(C)(c2ccccc2)NCC1CC. The van der Waals surface area contributed by atoms with Crippen molar-refractivity contribution in [3.63, 3.8) is 0 Å². The number of nitrogens with one attached hydrogen (secondary N) is 1. The van der Waals surface area contributed by atoms with Crippen LogP contribution in [0.3, 0.4) is 0 Å². The van der Waals surface area contributed by atoms with E-state index < -0.39 is 0 Å². The van der Waals surface area contributed by atoms with Crippen LogP contribution in [0, 0.1) is 0 Å². The molecule has 2 atom stereocenters. The molecule has 0 saturated carbocycles. The summed E-state index contributed by atoms with van der Waals surface area (Å²) in [5.41, 5.74) is 1.51. The van der Waals surface area contributed by atoms with Gasteiger partial charge in [0.25, 0.3) is 0 Å². The molecule has 0 aromatic heterocycles. The van der Waals surface area contributed by atoms with E-state index >= 15 is 0 Å². The Hall–Kier alpha value is -0.860. The molecule has 2 heteroatoms. The highest BCUT2D eigenvalue weighted by atomic mass is 15.2. The van der Waals surface area contributed by atoms with Crippen LogP contribution in [0.1, 0.15) is 45.6 Å². The molecule has 0 spiro atoms. The number of rotatable bonds is 5. The van der Waals surface area contributed by atoms with Crippen molar-refractivity contribution in [2.45, 2.75) is 51.6 Å². The smallest absolute Gasteiger partial charge is 0.0535 e. The molecule has 1 heterocycles. The van der Waals surface area contributed by atoms with Gasteiger partial charge in [0.15, 0.2) is 0 Å². The first-order valence-electron chi connectivity index (χ1n) is 7.74. The quantitative estimate of drug-likeness (QED) is 0.873. The maximum absolute atomic E-state index is 3.78. The fourth-order valence-corrected chi connectivity index (χ4v) is 3.09. The Balaban J connectivity index is 2.11. The van der Waals surface area contributed by atoms with Gasteiger partial charge in [-0.3, -0.25) is 4.90 Å². The summed E-state index contributed by atoms with van der Waals surface area (Å²) >= 11 is 0. The molecular weight excluding hydrogens is 232 g/mol. The van der Waals surface area contributed by atoms with Crippen LogP contribution in [0.4, 0.5) is 0 Å². The first kappa shape index (κ1) is 14.5. The normalized spacial score (nSPS) is 28.5. The molecule has 0 bridgehead atoms. The summed E-state index contributed by atoms with van der Waals surface area (Å²) in [4.78, 5) is 2.69. The van der Waals surface area contributed by atoms with E-state index in [2.05, 4.69) is 61.3 Å². The van der Waals surface area contributed by atoms with Gasteiger partial charge in [-0.1, -0.05) is 50.6 Å². The van der Waals surface area contributed by atoms with Gasteiger partial charge in [0.1, 0.15) is 0 Å². The fourth-order valence-electron chi connectivity index (χ4n) is 3.09. The summed E-state index contributed by atoms with van der Waals surface area (Å²) in [7, 11) is 0. The molecule has 1 aliphatic heterocycles. The summed E-state index contributed by atoms with van der Waals surface area (Å²) in [6.45, 7) is 10.4. The van der Waals surface area contributed by atoms with E-state index in [1.807, 2.05) is 0 Å². The molecule has 0 radical (unpaired) electrons. The van der Waals surface area contributed by atoms with Crippen LogP contribution in [0.5, 0.6) is 0 Å². The van der Waals surface area contributed by atoms with Crippen LogP contribution in [-0.2, 0) is 5.54 Å². The summed E-state index contributed by atoms with van der Waals surface area (Å²) < 4.78 is 0. The lowest BCUT2D eigenvalue weighted by Gasteiger charge is -2.46. The minimum Gasteiger partial charge on any atom is -0.305 e. The molecule has 19 heavy (non-hydrogen) atoms. The lowest BCUT2D eigenvalue weighted by atomic mass is 9.87. The number of benzene rings is 1. The Labute approximate surface area is 118 Å². The van der Waals surface area contributed by atoms with E-state index in [1.54, 1.807) is 0 Å². The van der Waals surface area contributed by atoms with Crippen molar-refractivity contribution in [3.05, 3.63) is 35.9 Å². The monoisotopic (exact) mass is 260 g/mol. The average Bonchev–Trinajstić information content (AvgIpc) is 2.46. The third kappa shape index (κ3) is 3.37. The van der Waals surface area contributed by atoms with E-state index in [-0.39, 0.29) is 5.54 Å². The lowest BCUT2D eigenvalue weighted by Crippen LogP contribution is -2.61. The highest BCUT2D eigenvalue weighted by molar-refractivity contribution is 5.25. The van der Waals surface area contributed by atoms with Gasteiger partial charge in [0.05, 0.1) is 5.54 Å². The summed E-state index contributed by atoms with van der Waals surface area (Å²) in [5, 5.41) is 3.78. The largest absolute Gasteiger partial charge is 0.305 e. The number of hydrogen-bond acceptors (Lipinski definition) is 2. The summed E-state index contributed by atoms with van der Waals surface area (Å²) in [6, 6.07) is 11.6. The molecule has 2 nitrogen and oxygen atoms in total. The van der Waals surface area contributed by atoms with Gasteiger partial charge in [0.2, 0.25) is 0 Å². The molecule has 0 aliphatic carbocycles.